The molecule has 0 aliphatic carbocycles. The first-order valence-corrected chi connectivity index (χ1v) is 17.4. The van der Waals surface area contributed by atoms with Crippen LogP contribution in [0.25, 0.3) is 0 Å². The van der Waals surface area contributed by atoms with Gasteiger partial charge in [0.05, 0.1) is 5.88 Å². The fourth-order valence-electron chi connectivity index (χ4n) is 5.00. The number of esters is 1. The van der Waals surface area contributed by atoms with E-state index < -0.39 is 55.8 Å². The zero-order valence-corrected chi connectivity index (χ0v) is 28.7. The normalized spacial score (nSPS) is 19.3. The first-order valence-electron chi connectivity index (χ1n) is 14.6. The van der Waals surface area contributed by atoms with Gasteiger partial charge in [-0.3, -0.25) is 14.6 Å². The average Bonchev–Trinajstić information content (AvgIpc) is 3.33. The van der Waals surface area contributed by atoms with Gasteiger partial charge in [0.2, 0.25) is 15.9 Å². The number of hydrogen-bond acceptors (Lipinski definition) is 10. The number of aromatic nitrogens is 1. The minimum absolute atomic E-state index is 0.0267. The molecule has 2 aliphatic rings. The number of rotatable bonds is 8. The van der Waals surface area contributed by atoms with Gasteiger partial charge in [-0.1, -0.05) is 12.1 Å². The molecule has 250 valence electrons. The summed E-state index contributed by atoms with van der Waals surface area (Å²) in [6.07, 6.45) is 2.15. The second-order valence-corrected chi connectivity index (χ2v) is 16.2. The number of hydrogen-bond donors (Lipinski definition) is 1. The van der Waals surface area contributed by atoms with Crippen LogP contribution in [0, 0.1) is 0 Å². The number of amides is 3. The lowest BCUT2D eigenvalue weighted by atomic mass is 10.0. The summed E-state index contributed by atoms with van der Waals surface area (Å²) >= 11 is 6.82. The van der Waals surface area contributed by atoms with E-state index in [-0.39, 0.29) is 36.0 Å². The van der Waals surface area contributed by atoms with Gasteiger partial charge in [0.15, 0.2) is 0 Å². The molecule has 0 spiro atoms. The summed E-state index contributed by atoms with van der Waals surface area (Å²) in [4.78, 5) is 57.9. The Bertz CT molecular complexity index is 1540. The van der Waals surface area contributed by atoms with Crippen LogP contribution in [0.4, 0.5) is 9.59 Å². The van der Waals surface area contributed by atoms with Gasteiger partial charge in [0.25, 0.3) is 0 Å². The molecule has 2 aromatic rings. The first kappa shape index (κ1) is 35.5. The van der Waals surface area contributed by atoms with Crippen LogP contribution in [-0.2, 0) is 30.8 Å². The lowest BCUT2D eigenvalue weighted by molar-refractivity contribution is -0.158. The van der Waals surface area contributed by atoms with Gasteiger partial charge in [-0.2, -0.15) is 4.31 Å². The van der Waals surface area contributed by atoms with Gasteiger partial charge in [-0.25, -0.2) is 18.0 Å². The van der Waals surface area contributed by atoms with Crippen molar-refractivity contribution in [3.63, 3.8) is 0 Å². The number of benzene rings is 1. The average molecular weight is 696 g/mol. The highest BCUT2D eigenvalue weighted by atomic mass is 35.5. The predicted octanol–water partition coefficient (Wildman–Crippen LogP) is 3.47. The maximum atomic E-state index is 13.9. The zero-order chi connectivity index (χ0) is 33.9. The van der Waals surface area contributed by atoms with Crippen molar-refractivity contribution >= 4 is 56.7 Å². The number of pyridine rings is 1. The van der Waals surface area contributed by atoms with Crippen LogP contribution >= 0.6 is 23.4 Å². The van der Waals surface area contributed by atoms with Crippen LogP contribution < -0.4 is 10.1 Å². The predicted molar refractivity (Wildman–Crippen MR) is 172 cm³/mol. The quantitative estimate of drug-likeness (QED) is 0.247. The van der Waals surface area contributed by atoms with E-state index >= 15 is 0 Å². The van der Waals surface area contributed by atoms with E-state index in [2.05, 4.69) is 10.3 Å². The maximum Gasteiger partial charge on any atom is 0.415 e. The Labute approximate surface area is 278 Å². The summed E-state index contributed by atoms with van der Waals surface area (Å²) in [5.41, 5.74) is -0.219. The van der Waals surface area contributed by atoms with Gasteiger partial charge in [0.1, 0.15) is 28.3 Å². The van der Waals surface area contributed by atoms with Gasteiger partial charge < -0.3 is 24.6 Å². The van der Waals surface area contributed by atoms with Crippen LogP contribution in [-0.4, -0.2) is 105 Å². The molecule has 16 heteroatoms. The number of carbonyl (C=O) groups is 4. The molecular weight excluding hydrogens is 658 g/mol. The number of nitrogens with one attached hydrogen (secondary N) is 1. The summed E-state index contributed by atoms with van der Waals surface area (Å²) in [7, 11) is -4.07. The highest BCUT2D eigenvalue weighted by Gasteiger charge is 2.51. The third-order valence-electron chi connectivity index (χ3n) is 7.36. The molecule has 1 unspecified atom stereocenters. The van der Waals surface area contributed by atoms with Crippen molar-refractivity contribution in [3.05, 3.63) is 54.4 Å². The molecule has 46 heavy (non-hydrogen) atoms. The molecule has 1 N–H and O–H groups in total. The van der Waals surface area contributed by atoms with Gasteiger partial charge >= 0.3 is 17.4 Å². The molecule has 2 atom stereocenters. The van der Waals surface area contributed by atoms with E-state index in [0.29, 0.717) is 18.7 Å². The molecule has 3 heterocycles. The second kappa shape index (κ2) is 14.2. The number of ether oxygens (including phenoxy) is 2. The topological polar surface area (TPSA) is 156 Å². The van der Waals surface area contributed by atoms with Crippen molar-refractivity contribution in [2.24, 2.45) is 0 Å². The minimum atomic E-state index is -4.07. The Balaban J connectivity index is 1.49. The number of piperazine rings is 1. The molecule has 13 nitrogen and oxygen atoms in total. The van der Waals surface area contributed by atoms with E-state index in [0.717, 1.165) is 4.31 Å². The van der Waals surface area contributed by atoms with E-state index in [1.807, 2.05) is 0 Å². The highest BCUT2D eigenvalue weighted by molar-refractivity contribution is 8.02. The fraction of sp³-hybridized carbons (Fsp3) is 0.500. The molecule has 2 saturated heterocycles. The van der Waals surface area contributed by atoms with Crippen molar-refractivity contribution in [2.45, 2.75) is 68.4 Å². The first-order chi connectivity index (χ1) is 21.5. The molecule has 3 amide bonds. The second-order valence-electron chi connectivity index (χ2n) is 12.4. The highest BCUT2D eigenvalue weighted by Crippen LogP contribution is 2.42. The third kappa shape index (κ3) is 8.69. The number of thioether (sulfide) groups is 1. The molecule has 1 aromatic carbocycles. The van der Waals surface area contributed by atoms with E-state index in [1.165, 1.54) is 46.1 Å². The van der Waals surface area contributed by atoms with Gasteiger partial charge in [0, 0.05) is 49.7 Å². The lowest BCUT2D eigenvalue weighted by Crippen LogP contribution is -2.57. The van der Waals surface area contributed by atoms with Crippen molar-refractivity contribution < 1.29 is 37.1 Å². The van der Waals surface area contributed by atoms with Crippen LogP contribution in [0.15, 0.2) is 53.7 Å². The van der Waals surface area contributed by atoms with E-state index in [4.69, 9.17) is 21.1 Å². The SMILES string of the molecule is CC(C)(C)OC(=O)[C@H](Cc1ccc(OC(=O)N2CCN(C(=O)Cl)CC2)cc1)NC(=O)C1N(S(=O)(=O)c2cccnc2)CSC1(C)C. The molecule has 1 aromatic heterocycles. The van der Waals surface area contributed by atoms with Crippen molar-refractivity contribution in [3.8, 4) is 5.75 Å². The van der Waals surface area contributed by atoms with Crippen LogP contribution in [0.3, 0.4) is 0 Å². The molecule has 0 saturated carbocycles. The smallest absolute Gasteiger partial charge is 0.415 e. The minimum Gasteiger partial charge on any atom is -0.458 e. The van der Waals surface area contributed by atoms with E-state index in [1.54, 1.807) is 58.9 Å². The third-order valence-corrected chi connectivity index (χ3v) is 10.9. The number of halogens is 1. The fourth-order valence-corrected chi connectivity index (χ4v) is 8.30. The van der Waals surface area contributed by atoms with Crippen LogP contribution in [0.5, 0.6) is 5.75 Å². The monoisotopic (exact) mass is 695 g/mol. The largest absolute Gasteiger partial charge is 0.458 e. The molecule has 2 aliphatic heterocycles. The number of sulfonamides is 1. The summed E-state index contributed by atoms with van der Waals surface area (Å²) in [5, 5.41) is 2.20. The van der Waals surface area contributed by atoms with Crippen LogP contribution in [0.1, 0.15) is 40.2 Å². The molecule has 0 radical (unpaired) electrons. The lowest BCUT2D eigenvalue weighted by Gasteiger charge is -2.32. The Hall–Kier alpha value is -3.40. The molecule has 0 bridgehead atoms. The summed E-state index contributed by atoms with van der Waals surface area (Å²) in [6.45, 7) is 9.85. The summed E-state index contributed by atoms with van der Waals surface area (Å²) in [5.74, 6) is -1.01. The van der Waals surface area contributed by atoms with Crippen molar-refractivity contribution in [1.29, 1.82) is 0 Å². The Kier molecular flexibility index (Phi) is 10.9. The van der Waals surface area contributed by atoms with Crippen molar-refractivity contribution in [2.75, 3.05) is 32.1 Å². The Morgan fingerprint density at radius 1 is 1.07 bits per heavy atom. The van der Waals surface area contributed by atoms with Crippen LogP contribution in [0.2, 0.25) is 0 Å². The van der Waals surface area contributed by atoms with Gasteiger partial charge in [-0.15, -0.1) is 11.8 Å². The Morgan fingerprint density at radius 2 is 1.70 bits per heavy atom. The molecule has 2 fully saturated rings. The van der Waals surface area contributed by atoms with Crippen molar-refractivity contribution in [1.82, 2.24) is 24.4 Å². The number of nitrogens with zero attached hydrogens (tertiary/aromatic N) is 4. The van der Waals surface area contributed by atoms with E-state index in [9.17, 15) is 27.6 Å². The van der Waals surface area contributed by atoms with Gasteiger partial charge in [-0.05, 0) is 76.0 Å². The zero-order valence-electron chi connectivity index (χ0n) is 26.3. The summed E-state index contributed by atoms with van der Waals surface area (Å²) in [6, 6.07) is 7.10. The standard InChI is InChI=1S/C30H38ClN5O8S2/c1-29(2,3)44-26(38)23(17-20-8-10-21(11-9-20)43-28(40)35-15-13-34(14-16-35)27(31)39)33-25(37)24-30(4,5)45-19-36(24)46(41,42)22-7-6-12-32-18-22/h6-12,18,23-24H,13-17,19H2,1-5H3,(H,33,37)/t23-,24?/m0/s1. The molecule has 4 rings (SSSR count). The number of carbonyl (C=O) groups excluding carboxylic acids is 4. The molecular formula is C30H38ClN5O8S2. The Morgan fingerprint density at radius 3 is 2.26 bits per heavy atom. The summed E-state index contributed by atoms with van der Waals surface area (Å²) < 4.78 is 38.5. The maximum absolute atomic E-state index is 13.9.